The molecule has 0 spiro atoms. The predicted molar refractivity (Wildman–Crippen MR) is 111 cm³/mol. The fraction of sp³-hybridized carbons (Fsp3) is 0.0952. The molecule has 0 aromatic heterocycles. The van der Waals surface area contributed by atoms with Gasteiger partial charge in [-0.25, -0.2) is 8.42 Å². The first-order valence-corrected chi connectivity index (χ1v) is 10.4. The standard InChI is InChI=1S/C21H19ClN2O3S/c1-24(15-16-8-4-2-5-9-16)21(25)17-12-13-20(19(22)14-17)23-28(26,27)18-10-6-3-7-11-18/h2-14,23H,15H2,1H3. The maximum atomic E-state index is 12.6. The number of halogens is 1. The molecule has 3 aromatic carbocycles. The summed E-state index contributed by atoms with van der Waals surface area (Å²) in [7, 11) is -2.05. The maximum absolute atomic E-state index is 12.6. The van der Waals surface area contributed by atoms with Gasteiger partial charge in [0.1, 0.15) is 0 Å². The van der Waals surface area contributed by atoms with Gasteiger partial charge in [-0.2, -0.15) is 0 Å². The average molecular weight is 415 g/mol. The van der Waals surface area contributed by atoms with Crippen LogP contribution in [0.5, 0.6) is 0 Å². The normalized spacial score (nSPS) is 11.1. The van der Waals surface area contributed by atoms with Gasteiger partial charge in [0.05, 0.1) is 15.6 Å². The largest absolute Gasteiger partial charge is 0.337 e. The third-order valence-electron chi connectivity index (χ3n) is 4.12. The lowest BCUT2D eigenvalue weighted by Gasteiger charge is -2.18. The molecule has 0 radical (unpaired) electrons. The van der Waals surface area contributed by atoms with Crippen LogP contribution in [0.3, 0.4) is 0 Å². The summed E-state index contributed by atoms with van der Waals surface area (Å²) in [6, 6.07) is 22.1. The van der Waals surface area contributed by atoms with Crippen molar-refractivity contribution in [2.24, 2.45) is 0 Å². The number of rotatable bonds is 6. The molecule has 0 saturated heterocycles. The number of nitrogens with zero attached hydrogens (tertiary/aromatic N) is 1. The minimum Gasteiger partial charge on any atom is -0.337 e. The number of sulfonamides is 1. The smallest absolute Gasteiger partial charge is 0.261 e. The van der Waals surface area contributed by atoms with Crippen LogP contribution in [0.2, 0.25) is 5.02 Å². The van der Waals surface area contributed by atoms with Crippen LogP contribution in [-0.4, -0.2) is 26.3 Å². The van der Waals surface area contributed by atoms with E-state index in [9.17, 15) is 13.2 Å². The van der Waals surface area contributed by atoms with Crippen LogP contribution in [0, 0.1) is 0 Å². The van der Waals surface area contributed by atoms with E-state index in [4.69, 9.17) is 11.6 Å². The number of benzene rings is 3. The summed E-state index contributed by atoms with van der Waals surface area (Å²) in [5.41, 5.74) is 1.61. The van der Waals surface area contributed by atoms with Gasteiger partial charge in [-0.05, 0) is 35.9 Å². The van der Waals surface area contributed by atoms with Crippen molar-refractivity contribution in [1.82, 2.24) is 4.90 Å². The van der Waals surface area contributed by atoms with Crippen LogP contribution < -0.4 is 4.72 Å². The molecule has 7 heteroatoms. The highest BCUT2D eigenvalue weighted by Gasteiger charge is 2.18. The van der Waals surface area contributed by atoms with Crippen molar-refractivity contribution in [2.75, 3.05) is 11.8 Å². The Balaban J connectivity index is 1.76. The van der Waals surface area contributed by atoms with Crippen molar-refractivity contribution in [3.8, 4) is 0 Å². The van der Waals surface area contributed by atoms with Crippen molar-refractivity contribution in [3.63, 3.8) is 0 Å². The summed E-state index contributed by atoms with van der Waals surface area (Å²) in [6.07, 6.45) is 0. The Labute approximate surface area is 169 Å². The van der Waals surface area contributed by atoms with Crippen molar-refractivity contribution in [3.05, 3.63) is 95.0 Å². The molecule has 1 N–H and O–H groups in total. The van der Waals surface area contributed by atoms with E-state index in [0.29, 0.717) is 12.1 Å². The fourth-order valence-corrected chi connectivity index (χ4v) is 4.07. The van der Waals surface area contributed by atoms with E-state index < -0.39 is 10.0 Å². The van der Waals surface area contributed by atoms with E-state index >= 15 is 0 Å². The van der Waals surface area contributed by atoms with E-state index in [0.717, 1.165) is 5.56 Å². The van der Waals surface area contributed by atoms with Crippen LogP contribution in [0.15, 0.2) is 83.8 Å². The molecular formula is C21H19ClN2O3S. The summed E-state index contributed by atoms with van der Waals surface area (Å²) in [4.78, 5) is 14.4. The first-order chi connectivity index (χ1) is 13.4. The van der Waals surface area contributed by atoms with E-state index in [-0.39, 0.29) is 21.5 Å². The Morgan fingerprint density at radius 3 is 2.18 bits per heavy atom. The number of amides is 1. The first kappa shape index (κ1) is 19.9. The van der Waals surface area contributed by atoms with Crippen molar-refractivity contribution in [2.45, 2.75) is 11.4 Å². The van der Waals surface area contributed by atoms with Gasteiger partial charge in [0.25, 0.3) is 15.9 Å². The summed E-state index contributed by atoms with van der Waals surface area (Å²) in [6.45, 7) is 0.458. The molecule has 144 valence electrons. The van der Waals surface area contributed by atoms with Crippen LogP contribution in [0.1, 0.15) is 15.9 Å². The van der Waals surface area contributed by atoms with E-state index in [1.807, 2.05) is 30.3 Å². The fourth-order valence-electron chi connectivity index (χ4n) is 2.68. The second kappa shape index (κ2) is 8.46. The third kappa shape index (κ3) is 4.71. The Hall–Kier alpha value is -2.83. The molecule has 28 heavy (non-hydrogen) atoms. The van der Waals surface area contributed by atoms with Gasteiger partial charge in [0, 0.05) is 19.2 Å². The lowest BCUT2D eigenvalue weighted by Crippen LogP contribution is -2.26. The molecule has 0 aliphatic carbocycles. The molecule has 0 aliphatic rings. The maximum Gasteiger partial charge on any atom is 0.261 e. The number of hydrogen-bond donors (Lipinski definition) is 1. The SMILES string of the molecule is CN(Cc1ccccc1)C(=O)c1ccc(NS(=O)(=O)c2ccccc2)c(Cl)c1. The van der Waals surface area contributed by atoms with Gasteiger partial charge in [0.2, 0.25) is 0 Å². The highest BCUT2D eigenvalue weighted by atomic mass is 35.5. The van der Waals surface area contributed by atoms with Crippen LogP contribution in [0.4, 0.5) is 5.69 Å². The zero-order chi connectivity index (χ0) is 20.1. The second-order valence-electron chi connectivity index (χ2n) is 6.26. The van der Waals surface area contributed by atoms with Gasteiger partial charge in [-0.1, -0.05) is 60.1 Å². The van der Waals surface area contributed by atoms with Gasteiger partial charge < -0.3 is 4.90 Å². The number of hydrogen-bond acceptors (Lipinski definition) is 3. The zero-order valence-corrected chi connectivity index (χ0v) is 16.7. The Morgan fingerprint density at radius 2 is 1.57 bits per heavy atom. The van der Waals surface area contributed by atoms with E-state index in [2.05, 4.69) is 4.72 Å². The van der Waals surface area contributed by atoms with Gasteiger partial charge >= 0.3 is 0 Å². The van der Waals surface area contributed by atoms with Crippen molar-refractivity contribution < 1.29 is 13.2 Å². The summed E-state index contributed by atoms with van der Waals surface area (Å²) in [5, 5.41) is 0.151. The van der Waals surface area contributed by atoms with Crippen molar-refractivity contribution >= 4 is 33.2 Å². The molecule has 3 aromatic rings. The van der Waals surface area contributed by atoms with Gasteiger partial charge in [-0.3, -0.25) is 9.52 Å². The quantitative estimate of drug-likeness (QED) is 0.649. The summed E-state index contributed by atoms with van der Waals surface area (Å²) >= 11 is 6.23. The Bertz CT molecular complexity index is 1070. The lowest BCUT2D eigenvalue weighted by molar-refractivity contribution is 0.0785. The number of carbonyl (C=O) groups is 1. The van der Waals surface area contributed by atoms with E-state index in [1.165, 1.54) is 24.3 Å². The molecule has 0 atom stereocenters. The predicted octanol–water partition coefficient (Wildman–Crippen LogP) is 4.41. The number of nitrogens with one attached hydrogen (secondary N) is 1. The molecule has 3 rings (SSSR count). The topological polar surface area (TPSA) is 66.5 Å². The lowest BCUT2D eigenvalue weighted by atomic mass is 10.1. The molecule has 0 aliphatic heterocycles. The highest BCUT2D eigenvalue weighted by Crippen LogP contribution is 2.26. The molecule has 0 unspecified atom stereocenters. The molecular weight excluding hydrogens is 396 g/mol. The zero-order valence-electron chi connectivity index (χ0n) is 15.2. The minimum absolute atomic E-state index is 0.133. The van der Waals surface area contributed by atoms with Gasteiger partial charge in [-0.15, -0.1) is 0 Å². The number of carbonyl (C=O) groups excluding carboxylic acids is 1. The van der Waals surface area contributed by atoms with Crippen LogP contribution >= 0.6 is 11.6 Å². The highest BCUT2D eigenvalue weighted by molar-refractivity contribution is 7.92. The van der Waals surface area contributed by atoms with E-state index in [1.54, 1.807) is 36.2 Å². The van der Waals surface area contributed by atoms with Crippen LogP contribution in [-0.2, 0) is 16.6 Å². The molecule has 1 amide bonds. The summed E-state index contributed by atoms with van der Waals surface area (Å²) in [5.74, 6) is -0.205. The minimum atomic E-state index is -3.76. The Morgan fingerprint density at radius 1 is 0.964 bits per heavy atom. The first-order valence-electron chi connectivity index (χ1n) is 8.53. The average Bonchev–Trinajstić information content (AvgIpc) is 2.70. The molecule has 0 bridgehead atoms. The molecule has 0 saturated carbocycles. The monoisotopic (exact) mass is 414 g/mol. The molecule has 0 fully saturated rings. The molecule has 5 nitrogen and oxygen atoms in total. The number of anilines is 1. The Kier molecular flexibility index (Phi) is 6.02. The molecule has 0 heterocycles. The summed E-state index contributed by atoms with van der Waals surface area (Å²) < 4.78 is 27.3. The third-order valence-corrected chi connectivity index (χ3v) is 5.82. The van der Waals surface area contributed by atoms with Crippen molar-refractivity contribution in [1.29, 1.82) is 0 Å². The second-order valence-corrected chi connectivity index (χ2v) is 8.35. The van der Waals surface area contributed by atoms with Crippen LogP contribution in [0.25, 0.3) is 0 Å². The van der Waals surface area contributed by atoms with Gasteiger partial charge in [0.15, 0.2) is 0 Å².